The molecule has 0 spiro atoms. The van der Waals surface area contributed by atoms with Gasteiger partial charge in [-0.1, -0.05) is 30.3 Å². The van der Waals surface area contributed by atoms with E-state index in [9.17, 15) is 14.4 Å². The number of ether oxygens (including phenoxy) is 1. The molecule has 7 heteroatoms. The smallest absolute Gasteiger partial charge is 0.226 e. The van der Waals surface area contributed by atoms with Gasteiger partial charge in [0, 0.05) is 13.0 Å². The minimum absolute atomic E-state index is 0.0367. The lowest BCUT2D eigenvalue weighted by molar-refractivity contribution is -0.141. The summed E-state index contributed by atoms with van der Waals surface area (Å²) in [5, 5.41) is 2.88. The van der Waals surface area contributed by atoms with E-state index in [4.69, 9.17) is 10.5 Å². The highest BCUT2D eigenvalue weighted by Gasteiger charge is 2.44. The Bertz CT molecular complexity index is 672. The van der Waals surface area contributed by atoms with Crippen LogP contribution in [0.3, 0.4) is 0 Å². The largest absolute Gasteiger partial charge is 0.376 e. The molecule has 1 aromatic rings. The van der Waals surface area contributed by atoms with Crippen molar-refractivity contribution in [3.8, 4) is 0 Å². The topological polar surface area (TPSA) is 102 Å². The minimum atomic E-state index is -0.718. The molecule has 2 aliphatic heterocycles. The summed E-state index contributed by atoms with van der Waals surface area (Å²) < 4.78 is 5.14. The number of rotatable bonds is 6. The van der Waals surface area contributed by atoms with Gasteiger partial charge < -0.3 is 20.7 Å². The van der Waals surface area contributed by atoms with Crippen LogP contribution >= 0.6 is 0 Å². The first kappa shape index (κ1) is 17.4. The van der Waals surface area contributed by atoms with E-state index in [-0.39, 0.29) is 43.9 Å². The standard InChI is InChI=1S/C18H23N3O4/c1-12(13-5-3-2-4-6-13)21-9-14(7-16(21)23)17(24)20-18(8-15(19)22)10-25-11-18/h2-6,12,14H,7-11H2,1H3,(H2,19,22)(H,20,24). The lowest BCUT2D eigenvalue weighted by Gasteiger charge is -2.41. The molecular formula is C18H23N3O4. The Morgan fingerprint density at radius 3 is 2.60 bits per heavy atom. The SMILES string of the molecule is CC(c1ccccc1)N1CC(C(=O)NC2(CC(N)=O)COC2)CC1=O. The average Bonchev–Trinajstić information content (AvgIpc) is 2.94. The van der Waals surface area contributed by atoms with Crippen LogP contribution in [0.25, 0.3) is 0 Å². The van der Waals surface area contributed by atoms with Crippen LogP contribution in [0.15, 0.2) is 30.3 Å². The van der Waals surface area contributed by atoms with E-state index in [1.54, 1.807) is 4.90 Å². The third-order valence-corrected chi connectivity index (χ3v) is 4.94. The molecule has 7 nitrogen and oxygen atoms in total. The Hall–Kier alpha value is -2.41. The Kier molecular flexibility index (Phi) is 4.76. The molecular weight excluding hydrogens is 322 g/mol. The lowest BCUT2D eigenvalue weighted by Crippen LogP contribution is -2.64. The molecule has 2 saturated heterocycles. The maximum atomic E-state index is 12.6. The van der Waals surface area contributed by atoms with Gasteiger partial charge in [0.15, 0.2) is 0 Å². The molecule has 2 unspecified atom stereocenters. The van der Waals surface area contributed by atoms with E-state index in [0.29, 0.717) is 6.54 Å². The van der Waals surface area contributed by atoms with Crippen molar-refractivity contribution in [1.29, 1.82) is 0 Å². The number of nitrogens with two attached hydrogens (primary N) is 1. The van der Waals surface area contributed by atoms with Crippen LogP contribution < -0.4 is 11.1 Å². The van der Waals surface area contributed by atoms with Gasteiger partial charge in [-0.15, -0.1) is 0 Å². The summed E-state index contributed by atoms with van der Waals surface area (Å²) in [5.74, 6) is -1.17. The molecule has 2 atom stereocenters. The van der Waals surface area contributed by atoms with Gasteiger partial charge in [0.05, 0.1) is 37.1 Å². The highest BCUT2D eigenvalue weighted by Crippen LogP contribution is 2.29. The molecule has 0 radical (unpaired) electrons. The molecule has 134 valence electrons. The van der Waals surface area contributed by atoms with Gasteiger partial charge in [-0.3, -0.25) is 14.4 Å². The number of nitrogens with one attached hydrogen (secondary N) is 1. The van der Waals surface area contributed by atoms with Gasteiger partial charge >= 0.3 is 0 Å². The molecule has 0 bridgehead atoms. The molecule has 25 heavy (non-hydrogen) atoms. The molecule has 0 saturated carbocycles. The summed E-state index contributed by atoms with van der Waals surface area (Å²) in [4.78, 5) is 37.9. The maximum absolute atomic E-state index is 12.6. The van der Waals surface area contributed by atoms with Crippen molar-refractivity contribution < 1.29 is 19.1 Å². The minimum Gasteiger partial charge on any atom is -0.376 e. The molecule has 3 rings (SSSR count). The molecule has 2 fully saturated rings. The van der Waals surface area contributed by atoms with E-state index >= 15 is 0 Å². The van der Waals surface area contributed by atoms with E-state index in [0.717, 1.165) is 5.56 Å². The maximum Gasteiger partial charge on any atom is 0.226 e. The predicted molar refractivity (Wildman–Crippen MR) is 90.2 cm³/mol. The number of carbonyl (C=O) groups excluding carboxylic acids is 3. The summed E-state index contributed by atoms with van der Waals surface area (Å²) in [6.07, 6.45) is 0.222. The fourth-order valence-corrected chi connectivity index (χ4v) is 3.46. The quantitative estimate of drug-likeness (QED) is 0.777. The summed E-state index contributed by atoms with van der Waals surface area (Å²) in [5.41, 5.74) is 5.58. The van der Waals surface area contributed by atoms with E-state index in [2.05, 4.69) is 5.32 Å². The summed E-state index contributed by atoms with van der Waals surface area (Å²) in [7, 11) is 0. The molecule has 3 N–H and O–H groups in total. The van der Waals surface area contributed by atoms with E-state index in [1.807, 2.05) is 37.3 Å². The van der Waals surface area contributed by atoms with Crippen molar-refractivity contribution >= 4 is 17.7 Å². The third kappa shape index (κ3) is 3.66. The third-order valence-electron chi connectivity index (χ3n) is 4.94. The van der Waals surface area contributed by atoms with Crippen molar-refractivity contribution in [3.05, 3.63) is 35.9 Å². The Morgan fingerprint density at radius 1 is 1.36 bits per heavy atom. The lowest BCUT2D eigenvalue weighted by atomic mass is 9.91. The van der Waals surface area contributed by atoms with Crippen LogP contribution in [0, 0.1) is 5.92 Å². The fourth-order valence-electron chi connectivity index (χ4n) is 3.46. The highest BCUT2D eigenvalue weighted by molar-refractivity contribution is 5.90. The highest BCUT2D eigenvalue weighted by atomic mass is 16.5. The van der Waals surface area contributed by atoms with Crippen molar-refractivity contribution in [2.24, 2.45) is 11.7 Å². The van der Waals surface area contributed by atoms with Crippen LogP contribution in [-0.4, -0.2) is 47.9 Å². The first-order chi connectivity index (χ1) is 11.9. The van der Waals surface area contributed by atoms with Crippen molar-refractivity contribution in [3.63, 3.8) is 0 Å². The van der Waals surface area contributed by atoms with Crippen molar-refractivity contribution in [2.45, 2.75) is 31.3 Å². The summed E-state index contributed by atoms with van der Waals surface area (Å²) in [6, 6.07) is 9.65. The van der Waals surface area contributed by atoms with E-state index < -0.39 is 17.4 Å². The van der Waals surface area contributed by atoms with Crippen molar-refractivity contribution in [1.82, 2.24) is 10.2 Å². The number of primary amides is 1. The number of carbonyl (C=O) groups is 3. The molecule has 1 aromatic carbocycles. The van der Waals surface area contributed by atoms with Gasteiger partial charge in [-0.25, -0.2) is 0 Å². The zero-order chi connectivity index (χ0) is 18.0. The second-order valence-electron chi connectivity index (χ2n) is 6.94. The van der Waals surface area contributed by atoms with Crippen LogP contribution in [0.4, 0.5) is 0 Å². The van der Waals surface area contributed by atoms with Crippen molar-refractivity contribution in [2.75, 3.05) is 19.8 Å². The van der Waals surface area contributed by atoms with Crippen LogP contribution in [0.5, 0.6) is 0 Å². The molecule has 0 aromatic heterocycles. The first-order valence-electron chi connectivity index (χ1n) is 8.43. The number of hydrogen-bond acceptors (Lipinski definition) is 4. The number of amides is 3. The Balaban J connectivity index is 1.64. The van der Waals surface area contributed by atoms with Gasteiger partial charge in [0.2, 0.25) is 17.7 Å². The second kappa shape index (κ2) is 6.84. The fraction of sp³-hybridized carbons (Fsp3) is 0.500. The molecule has 3 amide bonds. The Labute approximate surface area is 146 Å². The van der Waals surface area contributed by atoms with Crippen LogP contribution in [-0.2, 0) is 19.1 Å². The van der Waals surface area contributed by atoms with Gasteiger partial charge in [0.25, 0.3) is 0 Å². The van der Waals surface area contributed by atoms with E-state index in [1.165, 1.54) is 0 Å². The average molecular weight is 345 g/mol. The Morgan fingerprint density at radius 2 is 2.04 bits per heavy atom. The molecule has 2 aliphatic rings. The number of likely N-dealkylation sites (tertiary alicyclic amines) is 1. The monoisotopic (exact) mass is 345 g/mol. The first-order valence-corrected chi connectivity index (χ1v) is 8.43. The van der Waals surface area contributed by atoms with Gasteiger partial charge in [0.1, 0.15) is 0 Å². The number of hydrogen-bond donors (Lipinski definition) is 2. The zero-order valence-electron chi connectivity index (χ0n) is 14.2. The summed E-state index contributed by atoms with van der Waals surface area (Å²) >= 11 is 0. The number of benzene rings is 1. The van der Waals surface area contributed by atoms with Crippen LogP contribution in [0.2, 0.25) is 0 Å². The zero-order valence-corrected chi connectivity index (χ0v) is 14.2. The van der Waals surface area contributed by atoms with Gasteiger partial charge in [-0.05, 0) is 12.5 Å². The normalized spacial score (nSPS) is 23.0. The second-order valence-corrected chi connectivity index (χ2v) is 6.94. The molecule has 2 heterocycles. The molecule has 0 aliphatic carbocycles. The summed E-state index contributed by atoms with van der Waals surface area (Å²) in [6.45, 7) is 2.87. The predicted octanol–water partition coefficient (Wildman–Crippen LogP) is 0.357. The van der Waals surface area contributed by atoms with Crippen LogP contribution in [0.1, 0.15) is 31.4 Å². The number of nitrogens with zero attached hydrogens (tertiary/aromatic N) is 1. The van der Waals surface area contributed by atoms with Gasteiger partial charge in [-0.2, -0.15) is 0 Å².